The van der Waals surface area contributed by atoms with Crippen molar-refractivity contribution in [2.24, 2.45) is 5.73 Å². The van der Waals surface area contributed by atoms with Crippen LogP contribution in [0.15, 0.2) is 23.1 Å². The Labute approximate surface area is 119 Å². The summed E-state index contributed by atoms with van der Waals surface area (Å²) in [5, 5.41) is 0.257. The summed E-state index contributed by atoms with van der Waals surface area (Å²) in [5.74, 6) is 0. The monoisotopic (exact) mass is 302 g/mol. The molecule has 1 aromatic rings. The zero-order valence-electron chi connectivity index (χ0n) is 10.8. The van der Waals surface area contributed by atoms with Crippen LogP contribution in [0, 0.1) is 0 Å². The van der Waals surface area contributed by atoms with Gasteiger partial charge in [-0.25, -0.2) is 8.42 Å². The molecule has 0 amide bonds. The molecule has 1 saturated heterocycles. The van der Waals surface area contributed by atoms with Crippen molar-refractivity contribution in [1.29, 1.82) is 0 Å². The maximum atomic E-state index is 12.6. The van der Waals surface area contributed by atoms with E-state index in [0.29, 0.717) is 19.6 Å². The number of sulfonamides is 1. The first-order valence-corrected chi connectivity index (χ1v) is 8.36. The van der Waals surface area contributed by atoms with Crippen LogP contribution in [0.1, 0.15) is 31.2 Å². The Hall–Kier alpha value is -0.620. The maximum absolute atomic E-state index is 12.6. The number of hydrogen-bond donors (Lipinski definition) is 1. The number of halogens is 1. The Morgan fingerprint density at radius 1 is 1.16 bits per heavy atom. The standard InChI is InChI=1S/C13H19ClN2O2S/c14-12-9-11(10-15)5-6-13(12)19(17,18)16-7-3-1-2-4-8-16/h5-6,9H,1-4,7-8,10,15H2. The molecule has 106 valence electrons. The zero-order valence-corrected chi connectivity index (χ0v) is 12.4. The number of rotatable bonds is 3. The van der Waals surface area contributed by atoms with E-state index in [1.807, 2.05) is 0 Å². The van der Waals surface area contributed by atoms with Crippen LogP contribution in [0.3, 0.4) is 0 Å². The molecule has 1 aliphatic heterocycles. The predicted octanol–water partition coefficient (Wildman–Crippen LogP) is 2.36. The number of nitrogens with zero attached hydrogens (tertiary/aromatic N) is 1. The van der Waals surface area contributed by atoms with Crippen molar-refractivity contribution in [2.75, 3.05) is 13.1 Å². The first kappa shape index (κ1) is 14.8. The SMILES string of the molecule is NCc1ccc(S(=O)(=O)N2CCCCCC2)c(Cl)c1. The van der Waals surface area contributed by atoms with Crippen LogP contribution in [0.2, 0.25) is 5.02 Å². The Balaban J connectivity index is 2.32. The van der Waals surface area contributed by atoms with Gasteiger partial charge in [-0.1, -0.05) is 30.5 Å². The van der Waals surface area contributed by atoms with Gasteiger partial charge >= 0.3 is 0 Å². The Bertz CT molecular complexity index is 538. The van der Waals surface area contributed by atoms with E-state index in [0.717, 1.165) is 31.2 Å². The lowest BCUT2D eigenvalue weighted by Gasteiger charge is -2.20. The van der Waals surface area contributed by atoms with Crippen LogP contribution in [0.5, 0.6) is 0 Å². The highest BCUT2D eigenvalue weighted by atomic mass is 35.5. The molecule has 0 atom stereocenters. The van der Waals surface area contributed by atoms with Crippen LogP contribution >= 0.6 is 11.6 Å². The van der Waals surface area contributed by atoms with Crippen LogP contribution in [0.25, 0.3) is 0 Å². The van der Waals surface area contributed by atoms with Crippen molar-refractivity contribution in [3.8, 4) is 0 Å². The Kier molecular flexibility index (Phi) is 4.84. The van der Waals surface area contributed by atoms with Gasteiger partial charge < -0.3 is 5.73 Å². The van der Waals surface area contributed by atoms with Gasteiger partial charge in [-0.05, 0) is 30.5 Å². The highest BCUT2D eigenvalue weighted by molar-refractivity contribution is 7.89. The topological polar surface area (TPSA) is 63.4 Å². The van der Waals surface area contributed by atoms with Crippen molar-refractivity contribution < 1.29 is 8.42 Å². The van der Waals surface area contributed by atoms with E-state index in [4.69, 9.17) is 17.3 Å². The fraction of sp³-hybridized carbons (Fsp3) is 0.538. The van der Waals surface area contributed by atoms with E-state index >= 15 is 0 Å². The third kappa shape index (κ3) is 3.28. The van der Waals surface area contributed by atoms with E-state index in [-0.39, 0.29) is 9.92 Å². The maximum Gasteiger partial charge on any atom is 0.244 e. The molecule has 6 heteroatoms. The minimum atomic E-state index is -3.48. The summed E-state index contributed by atoms with van der Waals surface area (Å²) in [4.78, 5) is 0.188. The molecular weight excluding hydrogens is 284 g/mol. The molecule has 1 fully saturated rings. The van der Waals surface area contributed by atoms with Gasteiger partial charge in [0.25, 0.3) is 0 Å². The van der Waals surface area contributed by atoms with Crippen LogP contribution in [-0.4, -0.2) is 25.8 Å². The van der Waals surface area contributed by atoms with Crippen LogP contribution in [-0.2, 0) is 16.6 Å². The quantitative estimate of drug-likeness (QED) is 0.932. The van der Waals surface area contributed by atoms with Crippen molar-refractivity contribution in [1.82, 2.24) is 4.31 Å². The third-order valence-corrected chi connectivity index (χ3v) is 5.80. The molecule has 0 aliphatic carbocycles. The number of hydrogen-bond acceptors (Lipinski definition) is 3. The largest absolute Gasteiger partial charge is 0.326 e. The molecular formula is C13H19ClN2O2S. The fourth-order valence-corrected chi connectivity index (χ4v) is 4.36. The first-order chi connectivity index (χ1) is 9.05. The highest BCUT2D eigenvalue weighted by Gasteiger charge is 2.27. The second kappa shape index (κ2) is 6.22. The molecule has 0 radical (unpaired) electrons. The summed E-state index contributed by atoms with van der Waals surface area (Å²) < 4.78 is 26.7. The summed E-state index contributed by atoms with van der Waals surface area (Å²) in [6.07, 6.45) is 4.01. The third-order valence-electron chi connectivity index (χ3n) is 3.41. The molecule has 1 heterocycles. The minimum Gasteiger partial charge on any atom is -0.326 e. The summed E-state index contributed by atoms with van der Waals surface area (Å²) in [5.41, 5.74) is 6.36. The minimum absolute atomic E-state index is 0.188. The van der Waals surface area contributed by atoms with Crippen molar-refractivity contribution in [3.05, 3.63) is 28.8 Å². The lowest BCUT2D eigenvalue weighted by Crippen LogP contribution is -2.32. The lowest BCUT2D eigenvalue weighted by atomic mass is 10.2. The molecule has 0 spiro atoms. The van der Waals surface area contributed by atoms with E-state index in [1.165, 1.54) is 0 Å². The van der Waals surface area contributed by atoms with Gasteiger partial charge in [0.15, 0.2) is 0 Å². The number of nitrogens with two attached hydrogens (primary N) is 1. The zero-order chi connectivity index (χ0) is 13.9. The molecule has 1 aliphatic rings. The second-order valence-corrected chi connectivity index (χ2v) is 7.10. The Morgan fingerprint density at radius 3 is 2.32 bits per heavy atom. The smallest absolute Gasteiger partial charge is 0.244 e. The van der Waals surface area contributed by atoms with Crippen molar-refractivity contribution in [2.45, 2.75) is 37.1 Å². The molecule has 2 rings (SSSR count). The molecule has 1 aromatic carbocycles. The van der Waals surface area contributed by atoms with Crippen molar-refractivity contribution >= 4 is 21.6 Å². The summed E-state index contributed by atoms with van der Waals surface area (Å²) in [6, 6.07) is 4.91. The summed E-state index contributed by atoms with van der Waals surface area (Å²) >= 11 is 6.09. The first-order valence-electron chi connectivity index (χ1n) is 6.54. The Morgan fingerprint density at radius 2 is 1.79 bits per heavy atom. The van der Waals surface area contributed by atoms with Gasteiger partial charge in [-0.3, -0.25) is 0 Å². The van der Waals surface area contributed by atoms with Gasteiger partial charge in [0.1, 0.15) is 4.90 Å². The van der Waals surface area contributed by atoms with E-state index < -0.39 is 10.0 Å². The summed E-state index contributed by atoms with van der Waals surface area (Å²) in [6.45, 7) is 1.51. The lowest BCUT2D eigenvalue weighted by molar-refractivity contribution is 0.424. The fourth-order valence-electron chi connectivity index (χ4n) is 2.30. The van der Waals surface area contributed by atoms with Gasteiger partial charge in [0.05, 0.1) is 5.02 Å². The van der Waals surface area contributed by atoms with Gasteiger partial charge in [0, 0.05) is 19.6 Å². The predicted molar refractivity (Wildman–Crippen MR) is 76.6 cm³/mol. The molecule has 2 N–H and O–H groups in total. The van der Waals surface area contributed by atoms with Gasteiger partial charge in [-0.15, -0.1) is 0 Å². The highest BCUT2D eigenvalue weighted by Crippen LogP contribution is 2.27. The van der Waals surface area contributed by atoms with Crippen LogP contribution < -0.4 is 5.73 Å². The normalized spacial score (nSPS) is 18.2. The van der Waals surface area contributed by atoms with Crippen LogP contribution in [0.4, 0.5) is 0 Å². The van der Waals surface area contributed by atoms with E-state index in [9.17, 15) is 8.42 Å². The second-order valence-electron chi connectivity index (χ2n) is 4.79. The molecule has 0 aromatic heterocycles. The molecule has 4 nitrogen and oxygen atoms in total. The average molecular weight is 303 g/mol. The summed E-state index contributed by atoms with van der Waals surface area (Å²) in [7, 11) is -3.48. The molecule has 0 unspecified atom stereocenters. The van der Waals surface area contributed by atoms with Gasteiger partial charge in [-0.2, -0.15) is 4.31 Å². The van der Waals surface area contributed by atoms with E-state index in [1.54, 1.807) is 22.5 Å². The number of benzene rings is 1. The van der Waals surface area contributed by atoms with Crippen molar-refractivity contribution in [3.63, 3.8) is 0 Å². The van der Waals surface area contributed by atoms with Gasteiger partial charge in [0.2, 0.25) is 10.0 Å². The molecule has 0 bridgehead atoms. The molecule has 19 heavy (non-hydrogen) atoms. The average Bonchev–Trinajstić information content (AvgIpc) is 2.67. The molecule has 0 saturated carbocycles. The van der Waals surface area contributed by atoms with E-state index in [2.05, 4.69) is 0 Å².